The Morgan fingerprint density at radius 3 is 2.62 bits per heavy atom. The summed E-state index contributed by atoms with van der Waals surface area (Å²) >= 11 is 18.1. The van der Waals surface area contributed by atoms with E-state index in [2.05, 4.69) is 10.5 Å². The number of hydrogen-bond donors (Lipinski definition) is 1. The van der Waals surface area contributed by atoms with E-state index in [1.165, 1.54) is 0 Å². The first kappa shape index (κ1) is 18.6. The molecule has 0 atom stereocenters. The maximum absolute atomic E-state index is 12.6. The van der Waals surface area contributed by atoms with Crippen LogP contribution in [0, 0.1) is 6.92 Å². The summed E-state index contributed by atoms with van der Waals surface area (Å²) in [6, 6.07) is 12.0. The van der Waals surface area contributed by atoms with Crippen LogP contribution in [0.25, 0.3) is 0 Å². The first-order valence-corrected chi connectivity index (χ1v) is 8.68. The van der Waals surface area contributed by atoms with E-state index in [9.17, 15) is 4.79 Å². The molecule has 0 bridgehead atoms. The monoisotopic (exact) mass is 410 g/mol. The normalized spacial score (nSPS) is 10.6. The van der Waals surface area contributed by atoms with Gasteiger partial charge in [0.05, 0.1) is 26.3 Å². The van der Waals surface area contributed by atoms with Crippen molar-refractivity contribution in [1.29, 1.82) is 0 Å². The van der Waals surface area contributed by atoms with E-state index >= 15 is 0 Å². The zero-order valence-electron chi connectivity index (χ0n) is 13.6. The lowest BCUT2D eigenvalue weighted by Gasteiger charge is -2.09. The second kappa shape index (κ2) is 7.99. The number of benzene rings is 2. The number of anilines is 1. The molecule has 1 amide bonds. The van der Waals surface area contributed by atoms with Gasteiger partial charge in [0.25, 0.3) is 5.91 Å². The Hall–Kier alpha value is -2.21. The highest BCUT2D eigenvalue weighted by Crippen LogP contribution is 2.30. The van der Waals surface area contributed by atoms with Crippen LogP contribution in [0.2, 0.25) is 15.1 Å². The van der Waals surface area contributed by atoms with E-state index in [1.54, 1.807) is 49.4 Å². The molecule has 0 unspecified atom stereocenters. The Morgan fingerprint density at radius 2 is 1.85 bits per heavy atom. The molecule has 26 heavy (non-hydrogen) atoms. The first-order chi connectivity index (χ1) is 12.5. The number of carbonyl (C=O) groups is 1. The average molecular weight is 412 g/mol. The molecule has 0 spiro atoms. The number of halogens is 3. The van der Waals surface area contributed by atoms with Crippen LogP contribution < -0.4 is 10.1 Å². The van der Waals surface area contributed by atoms with Crippen molar-refractivity contribution in [2.75, 3.05) is 5.32 Å². The number of nitrogens with zero attached hydrogens (tertiary/aromatic N) is 1. The maximum atomic E-state index is 12.6. The van der Waals surface area contributed by atoms with Crippen LogP contribution in [0.1, 0.15) is 21.8 Å². The highest BCUT2D eigenvalue weighted by molar-refractivity contribution is 6.44. The van der Waals surface area contributed by atoms with E-state index in [4.69, 9.17) is 44.1 Å². The number of aromatic nitrogens is 1. The number of carbonyl (C=O) groups excluding carboxylic acids is 1. The van der Waals surface area contributed by atoms with Crippen LogP contribution in [0.4, 0.5) is 5.69 Å². The van der Waals surface area contributed by atoms with Gasteiger partial charge in [-0.2, -0.15) is 0 Å². The lowest BCUT2D eigenvalue weighted by molar-refractivity contribution is 0.101. The molecule has 1 N–H and O–H groups in total. The summed E-state index contributed by atoms with van der Waals surface area (Å²) in [5, 5.41) is 7.55. The van der Waals surface area contributed by atoms with Crippen molar-refractivity contribution in [2.45, 2.75) is 13.5 Å². The van der Waals surface area contributed by atoms with E-state index < -0.39 is 5.91 Å². The fourth-order valence-electron chi connectivity index (χ4n) is 2.23. The van der Waals surface area contributed by atoms with Crippen molar-refractivity contribution < 1.29 is 14.1 Å². The average Bonchev–Trinajstić information content (AvgIpc) is 2.99. The minimum absolute atomic E-state index is 0.0745. The van der Waals surface area contributed by atoms with Gasteiger partial charge in [-0.1, -0.05) is 58.2 Å². The van der Waals surface area contributed by atoms with Gasteiger partial charge in [0.15, 0.2) is 5.69 Å². The SMILES string of the molecule is Cc1onc(C(=O)Nc2cccc(Cl)c2Cl)c1COc1ccccc1Cl. The van der Waals surface area contributed by atoms with E-state index in [-0.39, 0.29) is 17.3 Å². The van der Waals surface area contributed by atoms with Crippen molar-refractivity contribution in [3.05, 3.63) is 74.6 Å². The van der Waals surface area contributed by atoms with Gasteiger partial charge in [0, 0.05) is 0 Å². The van der Waals surface area contributed by atoms with Gasteiger partial charge in [-0.25, -0.2) is 0 Å². The molecule has 8 heteroatoms. The third kappa shape index (κ3) is 3.96. The van der Waals surface area contributed by atoms with Crippen LogP contribution in [-0.4, -0.2) is 11.1 Å². The predicted molar refractivity (Wildman–Crippen MR) is 101 cm³/mol. The molecular weight excluding hydrogens is 399 g/mol. The standard InChI is InChI=1S/C18H13Cl3N2O3/c1-10-11(9-25-15-8-3-2-5-12(15)19)17(23-26-10)18(24)22-14-7-4-6-13(20)16(14)21/h2-8H,9H2,1H3,(H,22,24). The van der Waals surface area contributed by atoms with Crippen molar-refractivity contribution in [3.8, 4) is 5.75 Å². The number of ether oxygens (including phenoxy) is 1. The molecule has 134 valence electrons. The summed E-state index contributed by atoms with van der Waals surface area (Å²) in [7, 11) is 0. The molecule has 0 radical (unpaired) electrons. The van der Waals surface area contributed by atoms with Crippen LogP contribution in [0.15, 0.2) is 47.0 Å². The number of amides is 1. The molecular formula is C18H13Cl3N2O3. The highest BCUT2D eigenvalue weighted by Gasteiger charge is 2.21. The predicted octanol–water partition coefficient (Wildman–Crippen LogP) is 5.77. The highest BCUT2D eigenvalue weighted by atomic mass is 35.5. The second-order valence-electron chi connectivity index (χ2n) is 5.34. The van der Waals surface area contributed by atoms with Crippen molar-refractivity contribution >= 4 is 46.4 Å². The lowest BCUT2D eigenvalue weighted by atomic mass is 10.2. The zero-order chi connectivity index (χ0) is 18.7. The van der Waals surface area contributed by atoms with Crippen LogP contribution in [0.3, 0.4) is 0 Å². The van der Waals surface area contributed by atoms with Gasteiger partial charge < -0.3 is 14.6 Å². The Labute approximate surface area is 164 Å². The summed E-state index contributed by atoms with van der Waals surface area (Å²) in [6.45, 7) is 1.77. The van der Waals surface area contributed by atoms with Crippen molar-refractivity contribution in [1.82, 2.24) is 5.16 Å². The summed E-state index contributed by atoms with van der Waals surface area (Å²) in [5.41, 5.74) is 0.994. The quantitative estimate of drug-likeness (QED) is 0.578. The van der Waals surface area contributed by atoms with E-state index in [1.807, 2.05) is 0 Å². The molecule has 3 rings (SSSR count). The number of para-hydroxylation sites is 1. The van der Waals surface area contributed by atoms with Crippen LogP contribution >= 0.6 is 34.8 Å². The van der Waals surface area contributed by atoms with Crippen molar-refractivity contribution in [2.24, 2.45) is 0 Å². The molecule has 0 saturated carbocycles. The smallest absolute Gasteiger partial charge is 0.278 e. The van der Waals surface area contributed by atoms with Gasteiger partial charge in [-0.3, -0.25) is 4.79 Å². The summed E-state index contributed by atoms with van der Waals surface area (Å²) < 4.78 is 10.8. The lowest BCUT2D eigenvalue weighted by Crippen LogP contribution is -2.15. The van der Waals surface area contributed by atoms with Gasteiger partial charge in [-0.05, 0) is 31.2 Å². The third-order valence-electron chi connectivity index (χ3n) is 3.61. The van der Waals surface area contributed by atoms with E-state index in [0.717, 1.165) is 0 Å². The Morgan fingerprint density at radius 1 is 1.12 bits per heavy atom. The second-order valence-corrected chi connectivity index (χ2v) is 6.53. The van der Waals surface area contributed by atoms with Gasteiger partial charge in [0.2, 0.25) is 0 Å². The summed E-state index contributed by atoms with van der Waals surface area (Å²) in [5.74, 6) is 0.488. The summed E-state index contributed by atoms with van der Waals surface area (Å²) in [6.07, 6.45) is 0. The molecule has 0 aliphatic carbocycles. The number of aryl methyl sites for hydroxylation is 1. The molecule has 5 nitrogen and oxygen atoms in total. The fourth-order valence-corrected chi connectivity index (χ4v) is 2.77. The summed E-state index contributed by atoms with van der Waals surface area (Å²) in [4.78, 5) is 12.6. The topological polar surface area (TPSA) is 64.4 Å². The zero-order valence-corrected chi connectivity index (χ0v) is 15.8. The van der Waals surface area contributed by atoms with Gasteiger partial charge in [0.1, 0.15) is 18.1 Å². The largest absolute Gasteiger partial charge is 0.487 e. The minimum Gasteiger partial charge on any atom is -0.487 e. The molecule has 0 saturated heterocycles. The van der Waals surface area contributed by atoms with Crippen LogP contribution in [-0.2, 0) is 6.61 Å². The molecule has 3 aromatic rings. The van der Waals surface area contributed by atoms with E-state index in [0.29, 0.717) is 32.8 Å². The molecule has 0 fully saturated rings. The Bertz CT molecular complexity index is 957. The Kier molecular flexibility index (Phi) is 5.71. The van der Waals surface area contributed by atoms with Gasteiger partial charge in [-0.15, -0.1) is 0 Å². The molecule has 0 aliphatic heterocycles. The number of hydrogen-bond acceptors (Lipinski definition) is 4. The minimum atomic E-state index is -0.483. The third-order valence-corrected chi connectivity index (χ3v) is 4.74. The van der Waals surface area contributed by atoms with Crippen LogP contribution in [0.5, 0.6) is 5.75 Å². The maximum Gasteiger partial charge on any atom is 0.278 e. The Balaban J connectivity index is 1.80. The van der Waals surface area contributed by atoms with Gasteiger partial charge >= 0.3 is 0 Å². The molecule has 2 aromatic carbocycles. The molecule has 0 aliphatic rings. The first-order valence-electron chi connectivity index (χ1n) is 7.55. The molecule has 1 heterocycles. The molecule has 1 aromatic heterocycles. The fraction of sp³-hybridized carbons (Fsp3) is 0.111. The van der Waals surface area contributed by atoms with Crippen molar-refractivity contribution in [3.63, 3.8) is 0 Å². The number of rotatable bonds is 5. The number of nitrogens with one attached hydrogen (secondary N) is 1.